The van der Waals surface area contributed by atoms with Gasteiger partial charge in [-0.1, -0.05) is 66.2 Å². The van der Waals surface area contributed by atoms with Crippen LogP contribution >= 0.6 is 0 Å². The summed E-state index contributed by atoms with van der Waals surface area (Å²) in [5, 5.41) is 1.14. The van der Waals surface area contributed by atoms with E-state index in [1.807, 2.05) is 55.6 Å². The lowest BCUT2D eigenvalue weighted by Crippen LogP contribution is -2.28. The molecule has 4 aromatic rings. The van der Waals surface area contributed by atoms with Gasteiger partial charge in [0.25, 0.3) is 10.0 Å². The molecule has 1 aromatic heterocycles. The van der Waals surface area contributed by atoms with E-state index in [0.29, 0.717) is 4.90 Å². The number of nitrogens with zero attached hydrogens (tertiary/aromatic N) is 1. The van der Waals surface area contributed by atoms with Crippen LogP contribution in [0, 0.1) is 6.92 Å². The molecule has 0 spiro atoms. The number of benzene rings is 3. The topological polar surface area (TPSA) is 53.2 Å². The summed E-state index contributed by atoms with van der Waals surface area (Å²) in [5.41, 5.74) is 6.29. The van der Waals surface area contributed by atoms with E-state index in [2.05, 4.69) is 29.2 Å². The van der Waals surface area contributed by atoms with Crippen LogP contribution in [0.15, 0.2) is 95.7 Å². The molecule has 1 aliphatic rings. The Kier molecular flexibility index (Phi) is 5.14. The number of aromatic nitrogens is 1. The van der Waals surface area contributed by atoms with Crippen molar-refractivity contribution in [3.05, 3.63) is 107 Å². The van der Waals surface area contributed by atoms with Crippen molar-refractivity contribution in [3.63, 3.8) is 0 Å². The van der Waals surface area contributed by atoms with E-state index in [9.17, 15) is 8.42 Å². The molecular weight excluding hydrogens is 416 g/mol. The van der Waals surface area contributed by atoms with Gasteiger partial charge in [0, 0.05) is 35.8 Å². The first-order valence-electron chi connectivity index (χ1n) is 10.9. The van der Waals surface area contributed by atoms with Crippen LogP contribution in [-0.2, 0) is 10.0 Å². The minimum absolute atomic E-state index is 0.00780. The number of para-hydroxylation sites is 1. The third kappa shape index (κ3) is 3.43. The summed E-state index contributed by atoms with van der Waals surface area (Å²) in [6, 6.07) is 25.4. The highest BCUT2D eigenvalue weighted by Gasteiger charge is 2.36. The molecule has 1 heterocycles. The first-order chi connectivity index (χ1) is 15.5. The van der Waals surface area contributed by atoms with E-state index in [0.717, 1.165) is 51.7 Å². The van der Waals surface area contributed by atoms with Gasteiger partial charge in [0.15, 0.2) is 0 Å². The van der Waals surface area contributed by atoms with E-state index < -0.39 is 10.0 Å². The Bertz CT molecular complexity index is 1400. The van der Waals surface area contributed by atoms with Crippen molar-refractivity contribution < 1.29 is 8.42 Å². The molecule has 0 saturated heterocycles. The molecule has 0 radical (unpaired) electrons. The highest BCUT2D eigenvalue weighted by molar-refractivity contribution is 7.89. The number of likely N-dealkylation sites (N-methyl/N-ethyl adjacent to an activating group) is 1. The third-order valence-electron chi connectivity index (χ3n) is 6.46. The highest BCUT2D eigenvalue weighted by atomic mass is 32.2. The zero-order valence-electron chi connectivity index (χ0n) is 18.2. The van der Waals surface area contributed by atoms with Gasteiger partial charge in [-0.25, -0.2) is 8.42 Å². The molecule has 3 aromatic carbocycles. The van der Waals surface area contributed by atoms with Gasteiger partial charge in [-0.15, -0.1) is 0 Å². The Morgan fingerprint density at radius 1 is 0.906 bits per heavy atom. The van der Waals surface area contributed by atoms with E-state index in [-0.39, 0.29) is 5.92 Å². The smallest absolute Gasteiger partial charge is 0.263 e. The molecule has 5 rings (SSSR count). The minimum atomic E-state index is -3.69. The van der Waals surface area contributed by atoms with Crippen LogP contribution in [0.25, 0.3) is 16.5 Å². The van der Waals surface area contributed by atoms with Crippen molar-refractivity contribution in [1.82, 2.24) is 9.29 Å². The lowest BCUT2D eigenvalue weighted by Gasteiger charge is -2.27. The molecule has 32 heavy (non-hydrogen) atoms. The number of hydrogen-bond acceptors (Lipinski definition) is 2. The Morgan fingerprint density at radius 3 is 2.34 bits per heavy atom. The molecule has 0 fully saturated rings. The molecule has 5 heteroatoms. The predicted molar refractivity (Wildman–Crippen MR) is 130 cm³/mol. The average molecular weight is 443 g/mol. The van der Waals surface area contributed by atoms with Crippen molar-refractivity contribution in [3.8, 4) is 0 Å². The van der Waals surface area contributed by atoms with Crippen LogP contribution in [0.2, 0.25) is 0 Å². The second kappa shape index (κ2) is 7.99. The van der Waals surface area contributed by atoms with Crippen molar-refractivity contribution >= 4 is 26.5 Å². The molecule has 0 amide bonds. The summed E-state index contributed by atoms with van der Waals surface area (Å²) < 4.78 is 28.9. The number of nitrogens with one attached hydrogen (secondary N) is 1. The number of fused-ring (bicyclic) bond motifs is 1. The summed E-state index contributed by atoms with van der Waals surface area (Å²) in [6.45, 7) is 1.96. The van der Waals surface area contributed by atoms with Crippen molar-refractivity contribution in [1.29, 1.82) is 0 Å². The Morgan fingerprint density at radius 2 is 1.59 bits per heavy atom. The Hall–Kier alpha value is -3.31. The average Bonchev–Trinajstić information content (AvgIpc) is 3.43. The zero-order chi connectivity index (χ0) is 22.3. The first-order valence-corrected chi connectivity index (χ1v) is 12.3. The van der Waals surface area contributed by atoms with Crippen LogP contribution < -0.4 is 0 Å². The number of aryl methyl sites for hydroxylation is 1. The fourth-order valence-corrected chi connectivity index (χ4v) is 6.08. The molecular formula is C27H26N2O2S. The molecule has 0 saturated carbocycles. The quantitative estimate of drug-likeness (QED) is 0.407. The fourth-order valence-electron chi connectivity index (χ4n) is 4.79. The van der Waals surface area contributed by atoms with Crippen LogP contribution in [0.1, 0.15) is 35.4 Å². The minimum Gasteiger partial charge on any atom is -0.361 e. The standard InChI is InChI=1S/C27H26N2O2S/c1-19-12-14-21(15-13-19)32(30,31)29(2)27-22(20-8-4-3-5-9-20)16-17-24(27)25-18-28-26-11-7-6-10-23(25)26/h3-15,18,24,28H,16-17H2,1-2H3. The monoisotopic (exact) mass is 442 g/mol. The SMILES string of the molecule is Cc1ccc(S(=O)(=O)N(C)C2=C(c3ccccc3)CCC2c2c[nH]c3ccccc23)cc1. The summed E-state index contributed by atoms with van der Waals surface area (Å²) >= 11 is 0. The lowest BCUT2D eigenvalue weighted by molar-refractivity contribution is 0.505. The molecule has 1 unspecified atom stereocenters. The third-order valence-corrected chi connectivity index (χ3v) is 8.25. The largest absolute Gasteiger partial charge is 0.361 e. The van der Waals surface area contributed by atoms with Crippen molar-refractivity contribution in [2.24, 2.45) is 0 Å². The van der Waals surface area contributed by atoms with Crippen molar-refractivity contribution in [2.45, 2.75) is 30.6 Å². The summed E-state index contributed by atoms with van der Waals surface area (Å²) in [5.74, 6) is -0.00780. The number of allylic oxidation sites excluding steroid dienone is 2. The van der Waals surface area contributed by atoms with Gasteiger partial charge >= 0.3 is 0 Å². The number of hydrogen-bond donors (Lipinski definition) is 1. The summed E-state index contributed by atoms with van der Waals surface area (Å²) in [4.78, 5) is 3.68. The Balaban J connectivity index is 1.68. The fraction of sp³-hybridized carbons (Fsp3) is 0.185. The Labute approximate surface area is 189 Å². The van der Waals surface area contributed by atoms with Gasteiger partial charge in [-0.3, -0.25) is 4.31 Å². The maximum atomic E-state index is 13.7. The zero-order valence-corrected chi connectivity index (χ0v) is 19.1. The van der Waals surface area contributed by atoms with E-state index in [1.54, 1.807) is 19.2 Å². The number of H-pyrrole nitrogens is 1. The summed E-state index contributed by atoms with van der Waals surface area (Å²) in [7, 11) is -2.00. The van der Waals surface area contributed by atoms with E-state index >= 15 is 0 Å². The molecule has 162 valence electrons. The number of sulfonamides is 1. The van der Waals surface area contributed by atoms with Crippen LogP contribution in [-0.4, -0.2) is 24.8 Å². The predicted octanol–water partition coefficient (Wildman–Crippen LogP) is 6.09. The van der Waals surface area contributed by atoms with Gasteiger partial charge in [0.05, 0.1) is 4.90 Å². The number of aromatic amines is 1. The number of rotatable bonds is 5. The van der Waals surface area contributed by atoms with Gasteiger partial charge < -0.3 is 4.98 Å². The highest BCUT2D eigenvalue weighted by Crippen LogP contribution is 2.47. The maximum Gasteiger partial charge on any atom is 0.263 e. The lowest BCUT2D eigenvalue weighted by atomic mass is 9.95. The van der Waals surface area contributed by atoms with Gasteiger partial charge in [-0.05, 0) is 54.7 Å². The van der Waals surface area contributed by atoms with Crippen LogP contribution in [0.5, 0.6) is 0 Å². The van der Waals surface area contributed by atoms with Crippen LogP contribution in [0.3, 0.4) is 0 Å². The molecule has 0 aliphatic heterocycles. The molecule has 1 aliphatic carbocycles. The second-order valence-electron chi connectivity index (χ2n) is 8.40. The second-order valence-corrected chi connectivity index (χ2v) is 10.4. The van der Waals surface area contributed by atoms with Crippen molar-refractivity contribution in [2.75, 3.05) is 7.05 Å². The van der Waals surface area contributed by atoms with Crippen LogP contribution in [0.4, 0.5) is 0 Å². The molecule has 1 N–H and O–H groups in total. The first kappa shape index (κ1) is 20.6. The van der Waals surface area contributed by atoms with E-state index in [4.69, 9.17) is 0 Å². The molecule has 4 nitrogen and oxygen atoms in total. The maximum absolute atomic E-state index is 13.7. The molecule has 1 atom stereocenters. The van der Waals surface area contributed by atoms with E-state index in [1.165, 1.54) is 4.31 Å². The van der Waals surface area contributed by atoms with Gasteiger partial charge in [0.1, 0.15) is 0 Å². The van der Waals surface area contributed by atoms with Gasteiger partial charge in [-0.2, -0.15) is 0 Å². The molecule has 0 bridgehead atoms. The van der Waals surface area contributed by atoms with Gasteiger partial charge in [0.2, 0.25) is 0 Å². The normalized spacial score (nSPS) is 16.6. The summed E-state index contributed by atoms with van der Waals surface area (Å²) in [6.07, 6.45) is 3.74.